The Morgan fingerprint density at radius 1 is 1.29 bits per heavy atom. The second-order valence-corrected chi connectivity index (χ2v) is 3.70. The maximum atomic E-state index is 9.36. The molecule has 0 heterocycles. The van der Waals surface area contributed by atoms with Gasteiger partial charge in [-0.2, -0.15) is 0 Å². The Kier molecular flexibility index (Phi) is 7.22. The number of allylic oxidation sites excluding steroid dienone is 5. The average Bonchev–Trinajstić information content (AvgIpc) is 2.74. The minimum absolute atomic E-state index is 1.07. The van der Waals surface area contributed by atoms with Gasteiger partial charge in [-0.25, -0.2) is 0 Å². The summed E-state index contributed by atoms with van der Waals surface area (Å²) in [5, 5.41) is 0. The first-order chi connectivity index (χ1) is 6.78. The van der Waals surface area contributed by atoms with Gasteiger partial charge in [0.15, 0.2) is 0 Å². The third-order valence-corrected chi connectivity index (χ3v) is 2.02. The molecule has 0 aromatic heterocycles. The monoisotopic (exact) mass is 231 g/mol. The van der Waals surface area contributed by atoms with Gasteiger partial charge < -0.3 is 0 Å². The van der Waals surface area contributed by atoms with E-state index >= 15 is 0 Å². The molecule has 1 rings (SSSR count). The summed E-state index contributed by atoms with van der Waals surface area (Å²) in [5.74, 6) is 0. The fourth-order valence-electron chi connectivity index (χ4n) is 0.662. The summed E-state index contributed by atoms with van der Waals surface area (Å²) >= 11 is -2.30. The van der Waals surface area contributed by atoms with Gasteiger partial charge in [0.2, 0.25) is 0 Å². The SMILES string of the molecule is C=CC1=CC=CC1.O=[C]=[Mn](=[C]=O)=[C]=O. The molecular weight excluding hydrogens is 223 g/mol. The number of rotatable bonds is 1. The Morgan fingerprint density at radius 2 is 1.86 bits per heavy atom. The maximum absolute atomic E-state index is 9.36. The van der Waals surface area contributed by atoms with Crippen molar-refractivity contribution in [2.75, 3.05) is 0 Å². The van der Waals surface area contributed by atoms with Gasteiger partial charge in [0.25, 0.3) is 0 Å². The summed E-state index contributed by atoms with van der Waals surface area (Å²) in [6.07, 6.45) is 9.21. The van der Waals surface area contributed by atoms with Gasteiger partial charge >= 0.3 is 41.3 Å². The van der Waals surface area contributed by atoms with Crippen molar-refractivity contribution < 1.29 is 27.0 Å². The van der Waals surface area contributed by atoms with Crippen LogP contribution in [0.2, 0.25) is 0 Å². The molecule has 73 valence electrons. The third-order valence-electron chi connectivity index (χ3n) is 1.29. The molecule has 0 bridgehead atoms. The van der Waals surface area contributed by atoms with Crippen LogP contribution in [0.15, 0.2) is 36.5 Å². The topological polar surface area (TPSA) is 51.2 Å². The molecule has 0 saturated carbocycles. The van der Waals surface area contributed by atoms with Crippen molar-refractivity contribution in [3.05, 3.63) is 36.5 Å². The van der Waals surface area contributed by atoms with Crippen molar-refractivity contribution in [2.24, 2.45) is 0 Å². The van der Waals surface area contributed by atoms with Crippen LogP contribution in [0.1, 0.15) is 6.42 Å². The standard InChI is InChI=1S/C7H8.3CO.Mn/c1-2-7-5-3-4-6-7;3*1-2;/h2-5H,1,6H2;;;;. The fraction of sp³-hybridized carbons (Fsp3) is 0.100. The Bertz CT molecular complexity index is 430. The number of carbonyl (C=O) groups excluding carboxylic acids is 3. The van der Waals surface area contributed by atoms with Gasteiger partial charge in [0.05, 0.1) is 0 Å². The normalized spacial score (nSPS) is 11.0. The Hall–Kier alpha value is -1.52. The minimum atomic E-state index is -2.30. The second kappa shape index (κ2) is 8.09. The van der Waals surface area contributed by atoms with E-state index in [1.165, 1.54) is 19.9 Å². The summed E-state index contributed by atoms with van der Waals surface area (Å²) in [6.45, 7) is 3.63. The molecule has 1 aliphatic rings. The van der Waals surface area contributed by atoms with Gasteiger partial charge in [0.1, 0.15) is 0 Å². The Balaban J connectivity index is 0.000000241. The molecular formula is C10H8MnO3. The predicted octanol–water partition coefficient (Wildman–Crippen LogP) is 0.865. The summed E-state index contributed by atoms with van der Waals surface area (Å²) in [7, 11) is 0. The molecule has 0 aliphatic heterocycles. The molecule has 0 aromatic carbocycles. The molecule has 0 unspecified atom stereocenters. The van der Waals surface area contributed by atoms with E-state index in [1.54, 1.807) is 0 Å². The zero-order valence-electron chi connectivity index (χ0n) is 7.33. The Morgan fingerprint density at radius 3 is 2.00 bits per heavy atom. The quantitative estimate of drug-likeness (QED) is 0.629. The van der Waals surface area contributed by atoms with Crippen molar-refractivity contribution in [1.82, 2.24) is 0 Å². The summed E-state index contributed by atoms with van der Waals surface area (Å²) in [5.41, 5.74) is 1.32. The molecule has 0 radical (unpaired) electrons. The molecule has 0 fully saturated rings. The molecule has 14 heavy (non-hydrogen) atoms. The third kappa shape index (κ3) is 5.18. The second-order valence-electron chi connectivity index (χ2n) is 2.09. The zero-order valence-corrected chi connectivity index (χ0v) is 8.51. The molecule has 0 N–H and O–H groups in total. The van der Waals surface area contributed by atoms with Crippen LogP contribution in [-0.2, 0) is 27.0 Å². The number of hydrogen-bond acceptors (Lipinski definition) is 3. The first-order valence-electron chi connectivity index (χ1n) is 3.59. The fourth-order valence-corrected chi connectivity index (χ4v) is 0.810. The van der Waals surface area contributed by atoms with E-state index in [0.29, 0.717) is 0 Å². The molecule has 0 amide bonds. The van der Waals surface area contributed by atoms with E-state index in [4.69, 9.17) is 0 Å². The average molecular weight is 231 g/mol. The van der Waals surface area contributed by atoms with Crippen LogP contribution >= 0.6 is 0 Å². The Labute approximate surface area is 84.6 Å². The van der Waals surface area contributed by atoms with E-state index in [-0.39, 0.29) is 0 Å². The van der Waals surface area contributed by atoms with Crippen molar-refractivity contribution in [3.63, 3.8) is 0 Å². The van der Waals surface area contributed by atoms with Crippen LogP contribution in [-0.4, -0.2) is 14.4 Å². The van der Waals surface area contributed by atoms with Crippen molar-refractivity contribution >= 4 is 14.4 Å². The molecule has 1 aliphatic carbocycles. The first kappa shape index (κ1) is 12.5. The van der Waals surface area contributed by atoms with Crippen LogP contribution in [0.25, 0.3) is 0 Å². The molecule has 3 nitrogen and oxygen atoms in total. The van der Waals surface area contributed by atoms with Crippen molar-refractivity contribution in [2.45, 2.75) is 6.42 Å². The molecule has 4 heteroatoms. The summed E-state index contributed by atoms with van der Waals surface area (Å²) < 4.78 is 0. The summed E-state index contributed by atoms with van der Waals surface area (Å²) in [4.78, 5) is 31.7. The molecule has 0 aromatic rings. The van der Waals surface area contributed by atoms with Crippen LogP contribution in [0, 0.1) is 0 Å². The van der Waals surface area contributed by atoms with Crippen LogP contribution < -0.4 is 0 Å². The van der Waals surface area contributed by atoms with E-state index in [1.807, 2.05) is 6.08 Å². The zero-order chi connectivity index (χ0) is 10.8. The van der Waals surface area contributed by atoms with Gasteiger partial charge in [-0.3, -0.25) is 0 Å². The predicted molar refractivity (Wildman–Crippen MR) is 49.1 cm³/mol. The van der Waals surface area contributed by atoms with Crippen molar-refractivity contribution in [3.8, 4) is 0 Å². The van der Waals surface area contributed by atoms with E-state index < -0.39 is 12.6 Å². The van der Waals surface area contributed by atoms with Crippen molar-refractivity contribution in [1.29, 1.82) is 0 Å². The molecule has 0 atom stereocenters. The van der Waals surface area contributed by atoms with E-state index in [0.717, 1.165) is 6.42 Å². The first-order valence-corrected chi connectivity index (χ1v) is 5.36. The van der Waals surface area contributed by atoms with Crippen LogP contribution in [0.3, 0.4) is 0 Å². The number of hydrogen-bond donors (Lipinski definition) is 0. The van der Waals surface area contributed by atoms with Crippen LogP contribution in [0.5, 0.6) is 0 Å². The van der Waals surface area contributed by atoms with E-state index in [2.05, 4.69) is 24.8 Å². The van der Waals surface area contributed by atoms with Crippen LogP contribution in [0.4, 0.5) is 0 Å². The molecule has 0 saturated heterocycles. The van der Waals surface area contributed by atoms with Gasteiger partial charge in [-0.15, -0.1) is 0 Å². The van der Waals surface area contributed by atoms with E-state index in [9.17, 15) is 14.4 Å². The van der Waals surface area contributed by atoms with Gasteiger partial charge in [0, 0.05) is 0 Å². The van der Waals surface area contributed by atoms with Gasteiger partial charge in [-0.05, 0) is 12.0 Å². The summed E-state index contributed by atoms with van der Waals surface area (Å²) in [6, 6.07) is 0. The molecule has 0 spiro atoms. The van der Waals surface area contributed by atoms with Gasteiger partial charge in [-0.1, -0.05) is 30.9 Å².